The van der Waals surface area contributed by atoms with E-state index in [0.29, 0.717) is 6.54 Å². The predicted molar refractivity (Wildman–Crippen MR) is 80.8 cm³/mol. The zero-order valence-corrected chi connectivity index (χ0v) is 12.1. The molecular weight excluding hydrogens is 266 g/mol. The highest BCUT2D eigenvalue weighted by molar-refractivity contribution is 5.82. The van der Waals surface area contributed by atoms with Gasteiger partial charge in [0.15, 0.2) is 0 Å². The number of pyridine rings is 1. The molecule has 1 saturated heterocycles. The molecule has 21 heavy (non-hydrogen) atoms. The zero-order valence-electron chi connectivity index (χ0n) is 12.1. The Labute approximate surface area is 123 Å². The van der Waals surface area contributed by atoms with E-state index in [0.717, 1.165) is 29.6 Å². The van der Waals surface area contributed by atoms with E-state index >= 15 is 0 Å². The maximum Gasteiger partial charge on any atom is 0.246 e. The Bertz CT molecular complexity index is 648. The number of ether oxygens (including phenoxy) is 1. The standard InChI is InChI=1S/C16H19N3O2/c1-16(10-17-11-16)21-9-14(20)19-8-13-5-2-4-12-6-3-7-18-15(12)13/h2-7,17H,8-11H2,1H3,(H,19,20). The molecule has 2 heterocycles. The summed E-state index contributed by atoms with van der Waals surface area (Å²) in [6, 6.07) is 9.89. The maximum atomic E-state index is 11.9. The van der Waals surface area contributed by atoms with Crippen LogP contribution < -0.4 is 10.6 Å². The molecule has 1 aromatic carbocycles. The topological polar surface area (TPSA) is 63.2 Å². The average molecular weight is 285 g/mol. The van der Waals surface area contributed by atoms with Gasteiger partial charge >= 0.3 is 0 Å². The van der Waals surface area contributed by atoms with Crippen LogP contribution in [0.1, 0.15) is 12.5 Å². The van der Waals surface area contributed by atoms with Crippen LogP contribution in [0.5, 0.6) is 0 Å². The highest BCUT2D eigenvalue weighted by Gasteiger charge is 2.32. The largest absolute Gasteiger partial charge is 0.363 e. The van der Waals surface area contributed by atoms with E-state index in [-0.39, 0.29) is 18.1 Å². The summed E-state index contributed by atoms with van der Waals surface area (Å²) in [6.07, 6.45) is 1.77. The molecule has 110 valence electrons. The summed E-state index contributed by atoms with van der Waals surface area (Å²) in [6.45, 7) is 4.16. The van der Waals surface area contributed by atoms with Crippen molar-refractivity contribution in [2.24, 2.45) is 0 Å². The molecule has 5 heteroatoms. The third kappa shape index (κ3) is 3.20. The first-order valence-corrected chi connectivity index (χ1v) is 7.10. The van der Waals surface area contributed by atoms with Crippen molar-refractivity contribution < 1.29 is 9.53 Å². The molecule has 3 rings (SSSR count). The number of amides is 1. The van der Waals surface area contributed by atoms with Crippen LogP contribution in [-0.4, -0.2) is 36.2 Å². The van der Waals surface area contributed by atoms with Gasteiger partial charge in [0.25, 0.3) is 0 Å². The number of carbonyl (C=O) groups excluding carboxylic acids is 1. The van der Waals surface area contributed by atoms with Crippen LogP contribution in [0.2, 0.25) is 0 Å². The molecule has 1 fully saturated rings. The summed E-state index contributed by atoms with van der Waals surface area (Å²) in [5.74, 6) is -0.101. The third-order valence-electron chi connectivity index (χ3n) is 3.74. The van der Waals surface area contributed by atoms with E-state index in [1.165, 1.54) is 0 Å². The number of rotatable bonds is 5. The second-order valence-electron chi connectivity index (χ2n) is 5.61. The molecule has 0 aliphatic carbocycles. The summed E-state index contributed by atoms with van der Waals surface area (Å²) in [4.78, 5) is 16.2. The highest BCUT2D eigenvalue weighted by atomic mass is 16.5. The van der Waals surface area contributed by atoms with E-state index in [4.69, 9.17) is 4.74 Å². The molecule has 2 N–H and O–H groups in total. The summed E-state index contributed by atoms with van der Waals surface area (Å²) < 4.78 is 5.61. The van der Waals surface area contributed by atoms with Gasteiger partial charge in [-0.1, -0.05) is 24.3 Å². The minimum Gasteiger partial charge on any atom is -0.363 e. The number of fused-ring (bicyclic) bond motifs is 1. The summed E-state index contributed by atoms with van der Waals surface area (Å²) in [5, 5.41) is 7.10. The van der Waals surface area contributed by atoms with Gasteiger partial charge in [-0.15, -0.1) is 0 Å². The van der Waals surface area contributed by atoms with Gasteiger partial charge in [0.1, 0.15) is 6.61 Å². The molecule has 1 aliphatic rings. The molecular formula is C16H19N3O2. The number of hydrogen-bond acceptors (Lipinski definition) is 4. The Balaban J connectivity index is 1.57. The van der Waals surface area contributed by atoms with Gasteiger partial charge in [-0.3, -0.25) is 9.78 Å². The number of nitrogens with one attached hydrogen (secondary N) is 2. The molecule has 0 radical (unpaired) electrons. The Hall–Kier alpha value is -1.98. The lowest BCUT2D eigenvalue weighted by atomic mass is 10.0. The Morgan fingerprint density at radius 1 is 1.38 bits per heavy atom. The number of nitrogens with zero attached hydrogens (tertiary/aromatic N) is 1. The highest BCUT2D eigenvalue weighted by Crippen LogP contribution is 2.16. The van der Waals surface area contributed by atoms with Crippen LogP contribution in [-0.2, 0) is 16.1 Å². The van der Waals surface area contributed by atoms with E-state index in [2.05, 4.69) is 15.6 Å². The van der Waals surface area contributed by atoms with Crippen LogP contribution in [0, 0.1) is 0 Å². The SMILES string of the molecule is CC1(OCC(=O)NCc2cccc3cccnc23)CNC1. The van der Waals surface area contributed by atoms with E-state index in [1.54, 1.807) is 6.20 Å². The fraction of sp³-hybridized carbons (Fsp3) is 0.375. The fourth-order valence-electron chi connectivity index (χ4n) is 2.37. The lowest BCUT2D eigenvalue weighted by Gasteiger charge is -2.38. The normalized spacial score (nSPS) is 16.4. The van der Waals surface area contributed by atoms with Gasteiger partial charge in [0.05, 0.1) is 11.1 Å². The lowest BCUT2D eigenvalue weighted by molar-refractivity contribution is -0.136. The van der Waals surface area contributed by atoms with Gasteiger partial charge < -0.3 is 15.4 Å². The van der Waals surface area contributed by atoms with E-state index < -0.39 is 0 Å². The zero-order chi connectivity index (χ0) is 14.7. The molecule has 5 nitrogen and oxygen atoms in total. The van der Waals surface area contributed by atoms with Gasteiger partial charge in [0, 0.05) is 31.2 Å². The van der Waals surface area contributed by atoms with Crippen molar-refractivity contribution in [2.45, 2.75) is 19.1 Å². The fourth-order valence-corrected chi connectivity index (χ4v) is 2.37. The van der Waals surface area contributed by atoms with Crippen molar-refractivity contribution in [3.63, 3.8) is 0 Å². The summed E-state index contributed by atoms with van der Waals surface area (Å²) in [5.41, 5.74) is 1.74. The molecule has 0 saturated carbocycles. The van der Waals surface area contributed by atoms with Crippen molar-refractivity contribution in [2.75, 3.05) is 19.7 Å². The number of benzene rings is 1. The van der Waals surface area contributed by atoms with Crippen molar-refractivity contribution >= 4 is 16.8 Å². The Kier molecular flexibility index (Phi) is 3.86. The van der Waals surface area contributed by atoms with Crippen LogP contribution in [0.3, 0.4) is 0 Å². The van der Waals surface area contributed by atoms with E-state index in [1.807, 2.05) is 37.3 Å². The third-order valence-corrected chi connectivity index (χ3v) is 3.74. The Morgan fingerprint density at radius 2 is 2.19 bits per heavy atom. The number of aromatic nitrogens is 1. The van der Waals surface area contributed by atoms with Crippen LogP contribution in [0.25, 0.3) is 10.9 Å². The first kappa shape index (κ1) is 14.0. The number of carbonyl (C=O) groups is 1. The monoisotopic (exact) mass is 285 g/mol. The van der Waals surface area contributed by atoms with Crippen molar-refractivity contribution in [1.82, 2.24) is 15.6 Å². The minimum absolute atomic E-state index is 0.0936. The van der Waals surface area contributed by atoms with Crippen molar-refractivity contribution in [1.29, 1.82) is 0 Å². The maximum absolute atomic E-state index is 11.9. The number of para-hydroxylation sites is 1. The van der Waals surface area contributed by atoms with E-state index in [9.17, 15) is 4.79 Å². The molecule has 1 amide bonds. The molecule has 0 unspecified atom stereocenters. The molecule has 2 aromatic rings. The summed E-state index contributed by atoms with van der Waals surface area (Å²) >= 11 is 0. The van der Waals surface area contributed by atoms with Crippen LogP contribution in [0.15, 0.2) is 36.5 Å². The van der Waals surface area contributed by atoms with Gasteiger partial charge in [-0.2, -0.15) is 0 Å². The lowest BCUT2D eigenvalue weighted by Crippen LogP contribution is -2.59. The minimum atomic E-state index is -0.196. The molecule has 0 bridgehead atoms. The van der Waals surface area contributed by atoms with Gasteiger partial charge in [0.2, 0.25) is 5.91 Å². The number of hydrogen-bond donors (Lipinski definition) is 2. The van der Waals surface area contributed by atoms with Crippen molar-refractivity contribution in [3.05, 3.63) is 42.1 Å². The second kappa shape index (κ2) is 5.79. The molecule has 0 spiro atoms. The quantitative estimate of drug-likeness (QED) is 0.867. The first-order chi connectivity index (χ1) is 10.2. The van der Waals surface area contributed by atoms with Gasteiger partial charge in [-0.25, -0.2) is 0 Å². The first-order valence-electron chi connectivity index (χ1n) is 7.10. The predicted octanol–water partition coefficient (Wildman–Crippen LogP) is 1.23. The summed E-state index contributed by atoms with van der Waals surface area (Å²) in [7, 11) is 0. The smallest absolute Gasteiger partial charge is 0.246 e. The molecule has 1 aliphatic heterocycles. The van der Waals surface area contributed by atoms with Gasteiger partial charge in [-0.05, 0) is 18.6 Å². The van der Waals surface area contributed by atoms with Crippen molar-refractivity contribution in [3.8, 4) is 0 Å². The molecule has 1 aromatic heterocycles. The Morgan fingerprint density at radius 3 is 2.95 bits per heavy atom. The van der Waals surface area contributed by atoms with Crippen LogP contribution in [0.4, 0.5) is 0 Å². The molecule has 0 atom stereocenters. The van der Waals surface area contributed by atoms with Crippen LogP contribution >= 0.6 is 0 Å². The average Bonchev–Trinajstić information content (AvgIpc) is 2.49. The second-order valence-corrected chi connectivity index (χ2v) is 5.61.